The Balaban J connectivity index is 2.09. The van der Waals surface area contributed by atoms with E-state index in [1.807, 2.05) is 0 Å². The van der Waals surface area contributed by atoms with Gasteiger partial charge in [-0.1, -0.05) is 13.8 Å². The maximum absolute atomic E-state index is 9.39. The van der Waals surface area contributed by atoms with Crippen molar-refractivity contribution >= 4 is 16.7 Å². The molecular formula is C9H15N3OS. The van der Waals surface area contributed by atoms with Crippen LogP contribution in [0.1, 0.15) is 32.0 Å². The van der Waals surface area contributed by atoms with Gasteiger partial charge in [0.1, 0.15) is 5.82 Å². The number of hydrogen-bond acceptors (Lipinski definition) is 5. The molecule has 1 aliphatic rings. The van der Waals surface area contributed by atoms with Crippen LogP contribution in [0.5, 0.6) is 0 Å². The van der Waals surface area contributed by atoms with Crippen molar-refractivity contribution in [3.63, 3.8) is 0 Å². The lowest BCUT2D eigenvalue weighted by atomic mass is 10.2. The standard InChI is InChI=1S/C9H15N3OS/c1-6(2)8-10-9(14-11-8)12-4-3-7(13)5-12/h6-7,13H,3-5H2,1-2H3/t7-/m0/s1. The third-order valence-electron chi connectivity index (χ3n) is 2.38. The van der Waals surface area contributed by atoms with Crippen molar-refractivity contribution in [2.45, 2.75) is 32.3 Å². The van der Waals surface area contributed by atoms with Crippen molar-refractivity contribution in [1.29, 1.82) is 0 Å². The summed E-state index contributed by atoms with van der Waals surface area (Å²) in [5, 5.41) is 10.3. The van der Waals surface area contributed by atoms with Crippen molar-refractivity contribution in [3.05, 3.63) is 5.82 Å². The molecule has 0 amide bonds. The number of β-amino-alcohol motifs (C(OH)–C–C–N with tert-alkyl or cyclic N) is 1. The smallest absolute Gasteiger partial charge is 0.205 e. The third-order valence-corrected chi connectivity index (χ3v) is 3.17. The summed E-state index contributed by atoms with van der Waals surface area (Å²) in [5.41, 5.74) is 0. The normalized spacial score (nSPS) is 22.3. The Morgan fingerprint density at radius 2 is 2.36 bits per heavy atom. The summed E-state index contributed by atoms with van der Waals surface area (Å²) < 4.78 is 4.29. The first-order valence-corrected chi connectivity index (χ1v) is 5.71. The lowest BCUT2D eigenvalue weighted by Gasteiger charge is -2.11. The topological polar surface area (TPSA) is 49.2 Å². The lowest BCUT2D eigenvalue weighted by molar-refractivity contribution is 0.198. The highest BCUT2D eigenvalue weighted by atomic mass is 32.1. The number of rotatable bonds is 2. The minimum Gasteiger partial charge on any atom is -0.391 e. The van der Waals surface area contributed by atoms with Crippen LogP contribution in [-0.2, 0) is 0 Å². The Morgan fingerprint density at radius 1 is 1.57 bits per heavy atom. The van der Waals surface area contributed by atoms with E-state index in [-0.39, 0.29) is 6.10 Å². The van der Waals surface area contributed by atoms with Crippen LogP contribution in [0, 0.1) is 0 Å². The zero-order valence-corrected chi connectivity index (χ0v) is 9.29. The number of nitrogens with zero attached hydrogens (tertiary/aromatic N) is 3. The molecule has 0 unspecified atom stereocenters. The molecule has 4 nitrogen and oxygen atoms in total. The van der Waals surface area contributed by atoms with E-state index in [0.29, 0.717) is 12.5 Å². The van der Waals surface area contributed by atoms with Gasteiger partial charge < -0.3 is 10.0 Å². The summed E-state index contributed by atoms with van der Waals surface area (Å²) in [5.74, 6) is 1.29. The second kappa shape index (κ2) is 3.82. The summed E-state index contributed by atoms with van der Waals surface area (Å²) in [7, 11) is 0. The SMILES string of the molecule is CC(C)c1nsc(N2CC[C@H](O)C2)n1. The van der Waals surface area contributed by atoms with Gasteiger partial charge in [0.25, 0.3) is 0 Å². The highest BCUT2D eigenvalue weighted by Crippen LogP contribution is 2.24. The van der Waals surface area contributed by atoms with Gasteiger partial charge in [0.05, 0.1) is 6.10 Å². The predicted molar refractivity (Wildman–Crippen MR) is 56.8 cm³/mol. The lowest BCUT2D eigenvalue weighted by Crippen LogP contribution is -2.20. The zero-order valence-electron chi connectivity index (χ0n) is 8.47. The average molecular weight is 213 g/mol. The van der Waals surface area contributed by atoms with E-state index < -0.39 is 0 Å². The van der Waals surface area contributed by atoms with Gasteiger partial charge in [-0.2, -0.15) is 4.37 Å². The molecule has 14 heavy (non-hydrogen) atoms. The molecule has 1 N–H and O–H groups in total. The molecule has 1 atom stereocenters. The maximum atomic E-state index is 9.39. The average Bonchev–Trinajstić information content (AvgIpc) is 2.70. The highest BCUT2D eigenvalue weighted by molar-refractivity contribution is 7.09. The summed E-state index contributed by atoms with van der Waals surface area (Å²) >= 11 is 1.43. The van der Waals surface area contributed by atoms with Crippen LogP contribution in [0.25, 0.3) is 0 Å². The van der Waals surface area contributed by atoms with E-state index in [4.69, 9.17) is 0 Å². The summed E-state index contributed by atoms with van der Waals surface area (Å²) in [4.78, 5) is 6.55. The molecule has 2 rings (SSSR count). The van der Waals surface area contributed by atoms with Crippen molar-refractivity contribution in [3.8, 4) is 0 Å². The molecule has 1 aliphatic heterocycles. The van der Waals surface area contributed by atoms with Gasteiger partial charge in [0, 0.05) is 30.5 Å². The van der Waals surface area contributed by atoms with Gasteiger partial charge in [-0.15, -0.1) is 0 Å². The molecular weight excluding hydrogens is 198 g/mol. The molecule has 2 heterocycles. The van der Waals surface area contributed by atoms with Gasteiger partial charge in [0.2, 0.25) is 5.13 Å². The molecule has 1 fully saturated rings. The molecule has 1 saturated heterocycles. The first-order chi connectivity index (χ1) is 6.66. The van der Waals surface area contributed by atoms with Gasteiger partial charge in [-0.3, -0.25) is 0 Å². The maximum Gasteiger partial charge on any atom is 0.205 e. The van der Waals surface area contributed by atoms with Crippen LogP contribution < -0.4 is 4.90 Å². The fourth-order valence-electron chi connectivity index (χ4n) is 1.50. The van der Waals surface area contributed by atoms with Crippen LogP contribution in [0.4, 0.5) is 5.13 Å². The van der Waals surface area contributed by atoms with E-state index in [1.165, 1.54) is 11.5 Å². The van der Waals surface area contributed by atoms with E-state index >= 15 is 0 Å². The highest BCUT2D eigenvalue weighted by Gasteiger charge is 2.23. The molecule has 1 aromatic rings. The minimum absolute atomic E-state index is 0.193. The van der Waals surface area contributed by atoms with E-state index in [2.05, 4.69) is 28.1 Å². The molecule has 5 heteroatoms. The molecule has 0 aromatic carbocycles. The Labute approximate surface area is 87.8 Å². The number of aliphatic hydroxyl groups excluding tert-OH is 1. The quantitative estimate of drug-likeness (QED) is 0.803. The summed E-state index contributed by atoms with van der Waals surface area (Å²) in [6.45, 7) is 5.77. The number of aliphatic hydroxyl groups is 1. The van der Waals surface area contributed by atoms with Crippen molar-refractivity contribution in [1.82, 2.24) is 9.36 Å². The molecule has 1 aromatic heterocycles. The molecule has 0 aliphatic carbocycles. The minimum atomic E-state index is -0.193. The van der Waals surface area contributed by atoms with Crippen molar-refractivity contribution in [2.75, 3.05) is 18.0 Å². The Bertz CT molecular complexity index is 313. The van der Waals surface area contributed by atoms with Crippen LogP contribution in [0.15, 0.2) is 0 Å². The van der Waals surface area contributed by atoms with Gasteiger partial charge in [0.15, 0.2) is 0 Å². The summed E-state index contributed by atoms with van der Waals surface area (Å²) in [6, 6.07) is 0. The van der Waals surface area contributed by atoms with E-state index in [0.717, 1.165) is 23.9 Å². The molecule has 0 spiro atoms. The van der Waals surface area contributed by atoms with Gasteiger partial charge in [-0.25, -0.2) is 4.98 Å². The number of hydrogen-bond donors (Lipinski definition) is 1. The Kier molecular flexibility index (Phi) is 2.69. The van der Waals surface area contributed by atoms with Crippen LogP contribution in [-0.4, -0.2) is 33.7 Å². The van der Waals surface area contributed by atoms with Crippen LogP contribution >= 0.6 is 11.5 Å². The Morgan fingerprint density at radius 3 is 2.86 bits per heavy atom. The Hall–Kier alpha value is -0.680. The third kappa shape index (κ3) is 1.88. The van der Waals surface area contributed by atoms with Gasteiger partial charge in [-0.05, 0) is 6.42 Å². The van der Waals surface area contributed by atoms with Crippen molar-refractivity contribution in [2.24, 2.45) is 0 Å². The predicted octanol–water partition coefficient (Wildman–Crippen LogP) is 1.23. The zero-order chi connectivity index (χ0) is 10.1. The number of anilines is 1. The van der Waals surface area contributed by atoms with Crippen molar-refractivity contribution < 1.29 is 5.11 Å². The second-order valence-corrected chi connectivity index (χ2v) is 4.71. The first-order valence-electron chi connectivity index (χ1n) is 4.93. The second-order valence-electron chi connectivity index (χ2n) is 3.98. The summed E-state index contributed by atoms with van der Waals surface area (Å²) in [6.07, 6.45) is 0.651. The van der Waals surface area contributed by atoms with Crippen LogP contribution in [0.3, 0.4) is 0 Å². The molecule has 0 radical (unpaired) electrons. The fraction of sp³-hybridized carbons (Fsp3) is 0.778. The molecule has 0 saturated carbocycles. The van der Waals surface area contributed by atoms with Gasteiger partial charge >= 0.3 is 0 Å². The monoisotopic (exact) mass is 213 g/mol. The van der Waals surface area contributed by atoms with E-state index in [9.17, 15) is 5.11 Å². The molecule has 78 valence electrons. The molecule has 0 bridgehead atoms. The first kappa shape index (κ1) is 9.86. The fourth-order valence-corrected chi connectivity index (χ4v) is 2.35. The van der Waals surface area contributed by atoms with Crippen LogP contribution in [0.2, 0.25) is 0 Å². The van der Waals surface area contributed by atoms with E-state index in [1.54, 1.807) is 0 Å². The largest absolute Gasteiger partial charge is 0.391 e. The number of aromatic nitrogens is 2.